The first kappa shape index (κ1) is 14.1. The summed E-state index contributed by atoms with van der Waals surface area (Å²) in [6.07, 6.45) is 1.03. The van der Waals surface area contributed by atoms with Gasteiger partial charge in [-0.15, -0.1) is 0 Å². The largest absolute Gasteiger partial charge is 0.469 e. The molecule has 0 heterocycles. The van der Waals surface area contributed by atoms with Gasteiger partial charge in [0.15, 0.2) is 0 Å². The molecule has 0 saturated carbocycles. The Kier molecular flexibility index (Phi) is 7.91. The number of esters is 1. The molecule has 0 aliphatic rings. The summed E-state index contributed by atoms with van der Waals surface area (Å²) < 4.78 is 4.47. The average molecular weight is 215 g/mol. The van der Waals surface area contributed by atoms with E-state index in [1.54, 1.807) is 0 Å². The summed E-state index contributed by atoms with van der Waals surface area (Å²) >= 11 is 0. The zero-order chi connectivity index (χ0) is 11.7. The Morgan fingerprint density at radius 2 is 1.67 bits per heavy atom. The van der Waals surface area contributed by atoms with E-state index in [2.05, 4.69) is 23.5 Å². The highest BCUT2D eigenvalue weighted by molar-refractivity contribution is 5.82. The molecule has 0 atom stereocenters. The topological polar surface area (TPSA) is 46.6 Å². The van der Waals surface area contributed by atoms with E-state index >= 15 is 0 Å². The van der Waals surface area contributed by atoms with Gasteiger partial charge < -0.3 is 9.64 Å². The number of carbonyl (C=O) groups is 2. The molecular weight excluding hydrogens is 194 g/mol. The van der Waals surface area contributed by atoms with E-state index in [9.17, 15) is 9.59 Å². The predicted octanol–water partition coefficient (Wildman–Crippen LogP) is 1.24. The van der Waals surface area contributed by atoms with E-state index < -0.39 is 0 Å². The zero-order valence-electron chi connectivity index (χ0n) is 9.91. The third-order valence-electron chi connectivity index (χ3n) is 2.44. The van der Waals surface area contributed by atoms with Crippen molar-refractivity contribution in [2.24, 2.45) is 0 Å². The number of hydrogen-bond donors (Lipinski definition) is 0. The van der Waals surface area contributed by atoms with Crippen LogP contribution in [0.3, 0.4) is 0 Å². The third-order valence-corrected chi connectivity index (χ3v) is 2.44. The lowest BCUT2D eigenvalue weighted by Gasteiger charge is -2.16. The van der Waals surface area contributed by atoms with Crippen LogP contribution in [0.15, 0.2) is 0 Å². The number of rotatable bonds is 8. The molecular formula is C11H21NO3. The Hall–Kier alpha value is -0.900. The SMILES string of the molecule is CCN(CC)CCC(=O)CCC(=O)OC. The van der Waals surface area contributed by atoms with Crippen LogP contribution in [0.2, 0.25) is 0 Å². The fourth-order valence-electron chi connectivity index (χ4n) is 1.29. The number of methoxy groups -OCH3 is 1. The van der Waals surface area contributed by atoms with Crippen molar-refractivity contribution >= 4 is 11.8 Å². The van der Waals surface area contributed by atoms with E-state index in [1.165, 1.54) is 7.11 Å². The molecule has 0 aliphatic heterocycles. The maximum Gasteiger partial charge on any atom is 0.305 e. The Balaban J connectivity index is 3.61. The second kappa shape index (κ2) is 8.41. The summed E-state index contributed by atoms with van der Waals surface area (Å²) in [4.78, 5) is 24.3. The van der Waals surface area contributed by atoms with Crippen LogP contribution in [0.4, 0.5) is 0 Å². The van der Waals surface area contributed by atoms with Gasteiger partial charge in [0.1, 0.15) is 5.78 Å². The first-order valence-corrected chi connectivity index (χ1v) is 5.44. The molecule has 88 valence electrons. The van der Waals surface area contributed by atoms with E-state index in [4.69, 9.17) is 0 Å². The monoisotopic (exact) mass is 215 g/mol. The van der Waals surface area contributed by atoms with E-state index in [-0.39, 0.29) is 18.2 Å². The fraction of sp³-hybridized carbons (Fsp3) is 0.818. The minimum Gasteiger partial charge on any atom is -0.469 e. The van der Waals surface area contributed by atoms with Crippen molar-refractivity contribution in [3.05, 3.63) is 0 Å². The zero-order valence-corrected chi connectivity index (χ0v) is 9.91. The van der Waals surface area contributed by atoms with Crippen molar-refractivity contribution in [1.29, 1.82) is 0 Å². The predicted molar refractivity (Wildman–Crippen MR) is 58.7 cm³/mol. The second-order valence-corrected chi connectivity index (χ2v) is 3.39. The lowest BCUT2D eigenvalue weighted by atomic mass is 10.1. The highest BCUT2D eigenvalue weighted by Gasteiger charge is 2.08. The molecule has 0 N–H and O–H groups in total. The summed E-state index contributed by atoms with van der Waals surface area (Å²) in [6.45, 7) is 6.85. The van der Waals surface area contributed by atoms with Crippen molar-refractivity contribution in [2.45, 2.75) is 33.1 Å². The van der Waals surface area contributed by atoms with Gasteiger partial charge in [0, 0.05) is 19.4 Å². The molecule has 0 aromatic heterocycles. The molecule has 0 amide bonds. The summed E-state index contributed by atoms with van der Waals surface area (Å²) in [7, 11) is 1.34. The van der Waals surface area contributed by atoms with Gasteiger partial charge in [-0.3, -0.25) is 9.59 Å². The maximum atomic E-state index is 11.4. The highest BCUT2D eigenvalue weighted by Crippen LogP contribution is 1.99. The Bertz CT molecular complexity index is 200. The Labute approximate surface area is 91.6 Å². The molecule has 15 heavy (non-hydrogen) atoms. The van der Waals surface area contributed by atoms with Gasteiger partial charge in [-0.05, 0) is 13.1 Å². The molecule has 4 heteroatoms. The van der Waals surface area contributed by atoms with Gasteiger partial charge in [0.25, 0.3) is 0 Å². The van der Waals surface area contributed by atoms with Crippen LogP contribution >= 0.6 is 0 Å². The first-order chi connectivity index (χ1) is 7.13. The lowest BCUT2D eigenvalue weighted by molar-refractivity contribution is -0.141. The van der Waals surface area contributed by atoms with Crippen LogP contribution in [-0.4, -0.2) is 43.4 Å². The van der Waals surface area contributed by atoms with E-state index in [0.29, 0.717) is 12.8 Å². The maximum absolute atomic E-state index is 11.4. The van der Waals surface area contributed by atoms with Gasteiger partial charge in [0.05, 0.1) is 13.5 Å². The molecule has 0 bridgehead atoms. The molecule has 0 radical (unpaired) electrons. The number of ether oxygens (including phenoxy) is 1. The molecule has 0 aromatic rings. The van der Waals surface area contributed by atoms with Gasteiger partial charge in [-0.1, -0.05) is 13.8 Å². The third kappa shape index (κ3) is 7.08. The number of Topliss-reactive ketones (excluding diaryl/α,β-unsaturated/α-hetero) is 1. The normalized spacial score (nSPS) is 10.4. The number of carbonyl (C=O) groups excluding carboxylic acids is 2. The van der Waals surface area contributed by atoms with Crippen LogP contribution in [0.5, 0.6) is 0 Å². The molecule has 0 saturated heterocycles. The quantitative estimate of drug-likeness (QED) is 0.571. The Morgan fingerprint density at radius 3 is 2.13 bits per heavy atom. The summed E-state index contributed by atoms with van der Waals surface area (Å²) in [5.41, 5.74) is 0. The number of nitrogens with zero attached hydrogens (tertiary/aromatic N) is 1. The number of hydrogen-bond acceptors (Lipinski definition) is 4. The molecule has 0 unspecified atom stereocenters. The fourth-order valence-corrected chi connectivity index (χ4v) is 1.29. The number of ketones is 1. The van der Waals surface area contributed by atoms with Crippen LogP contribution in [0.25, 0.3) is 0 Å². The molecule has 0 spiro atoms. The van der Waals surface area contributed by atoms with Crippen molar-refractivity contribution in [1.82, 2.24) is 4.90 Å². The highest BCUT2D eigenvalue weighted by atomic mass is 16.5. The smallest absolute Gasteiger partial charge is 0.305 e. The first-order valence-electron chi connectivity index (χ1n) is 5.44. The van der Waals surface area contributed by atoms with Crippen LogP contribution in [0, 0.1) is 0 Å². The van der Waals surface area contributed by atoms with Gasteiger partial charge in [-0.2, -0.15) is 0 Å². The minimum atomic E-state index is -0.314. The van der Waals surface area contributed by atoms with Crippen LogP contribution in [-0.2, 0) is 14.3 Å². The second-order valence-electron chi connectivity index (χ2n) is 3.39. The van der Waals surface area contributed by atoms with Crippen molar-refractivity contribution in [3.63, 3.8) is 0 Å². The van der Waals surface area contributed by atoms with Gasteiger partial charge >= 0.3 is 5.97 Å². The summed E-state index contributed by atoms with van der Waals surface area (Å²) in [5.74, 6) is -0.182. The van der Waals surface area contributed by atoms with Gasteiger partial charge in [-0.25, -0.2) is 0 Å². The molecule has 4 nitrogen and oxygen atoms in total. The molecule has 0 aliphatic carbocycles. The molecule has 0 aromatic carbocycles. The summed E-state index contributed by atoms with van der Waals surface area (Å²) in [6, 6.07) is 0. The van der Waals surface area contributed by atoms with Crippen LogP contribution in [0.1, 0.15) is 33.1 Å². The minimum absolute atomic E-state index is 0.132. The van der Waals surface area contributed by atoms with Crippen LogP contribution < -0.4 is 0 Å². The van der Waals surface area contributed by atoms with Crippen molar-refractivity contribution in [3.8, 4) is 0 Å². The summed E-state index contributed by atoms with van der Waals surface area (Å²) in [5, 5.41) is 0. The molecule has 0 fully saturated rings. The van der Waals surface area contributed by atoms with Crippen molar-refractivity contribution in [2.75, 3.05) is 26.7 Å². The van der Waals surface area contributed by atoms with E-state index in [1.807, 2.05) is 0 Å². The standard InChI is InChI=1S/C11H21NO3/c1-4-12(5-2)9-8-10(13)6-7-11(14)15-3/h4-9H2,1-3H3. The van der Waals surface area contributed by atoms with Crippen molar-refractivity contribution < 1.29 is 14.3 Å². The van der Waals surface area contributed by atoms with Gasteiger partial charge in [0.2, 0.25) is 0 Å². The van der Waals surface area contributed by atoms with E-state index in [0.717, 1.165) is 19.6 Å². The molecule has 0 rings (SSSR count). The Morgan fingerprint density at radius 1 is 1.07 bits per heavy atom. The lowest BCUT2D eigenvalue weighted by Crippen LogP contribution is -2.25. The average Bonchev–Trinajstić information content (AvgIpc) is 2.27.